The van der Waals surface area contributed by atoms with Crippen LogP contribution in [0.25, 0.3) is 0 Å². The van der Waals surface area contributed by atoms with Gasteiger partial charge in [0.2, 0.25) is 5.91 Å². The number of hydrogen-bond donors (Lipinski definition) is 1. The summed E-state index contributed by atoms with van der Waals surface area (Å²) in [4.78, 5) is 32.3. The van der Waals surface area contributed by atoms with E-state index < -0.39 is 29.6 Å². The number of alkyl halides is 3. The van der Waals surface area contributed by atoms with Crippen molar-refractivity contribution in [2.24, 2.45) is 11.3 Å². The molecule has 2 heterocycles. The second kappa shape index (κ2) is 11.5. The van der Waals surface area contributed by atoms with E-state index in [9.17, 15) is 22.8 Å². The first kappa shape index (κ1) is 28.5. The third-order valence-electron chi connectivity index (χ3n) is 7.00. The van der Waals surface area contributed by atoms with Crippen molar-refractivity contribution in [3.63, 3.8) is 0 Å². The van der Waals surface area contributed by atoms with Gasteiger partial charge in [-0.05, 0) is 31.4 Å². The Morgan fingerprint density at radius 2 is 2.16 bits per heavy atom. The Kier molecular flexibility index (Phi) is 8.88. The minimum atomic E-state index is -4.44. The second-order valence-electron chi connectivity index (χ2n) is 9.56. The molecule has 0 aromatic carbocycles. The van der Waals surface area contributed by atoms with Crippen LogP contribution in [0.4, 0.5) is 23.1 Å². The van der Waals surface area contributed by atoms with Gasteiger partial charge in [-0.25, -0.2) is 9.78 Å². The summed E-state index contributed by atoms with van der Waals surface area (Å²) in [6.07, 6.45) is 2.88. The van der Waals surface area contributed by atoms with E-state index in [2.05, 4.69) is 16.9 Å². The van der Waals surface area contributed by atoms with Crippen molar-refractivity contribution >= 4 is 28.4 Å². The van der Waals surface area contributed by atoms with Crippen molar-refractivity contribution in [2.75, 3.05) is 25.5 Å². The summed E-state index contributed by atoms with van der Waals surface area (Å²) in [5.74, 6) is -1.94. The van der Waals surface area contributed by atoms with Crippen molar-refractivity contribution < 1.29 is 27.5 Å². The number of thiazole rings is 1. The van der Waals surface area contributed by atoms with Crippen molar-refractivity contribution in [3.05, 3.63) is 59.5 Å². The molecule has 0 spiro atoms. The number of halogens is 3. The van der Waals surface area contributed by atoms with E-state index in [1.807, 2.05) is 6.92 Å². The number of carbonyl (C=O) groups excluding carboxylic acids is 2. The van der Waals surface area contributed by atoms with Gasteiger partial charge in [0, 0.05) is 56.2 Å². The quantitative estimate of drug-likeness (QED) is 0.405. The Labute approximate surface area is 219 Å². The fourth-order valence-corrected chi connectivity index (χ4v) is 5.22. The number of urea groups is 1. The number of nitrogens with zero attached hydrogens (tertiary/aromatic N) is 3. The highest BCUT2D eigenvalue weighted by Gasteiger charge is 2.44. The number of carbonyl (C=O) groups is 2. The van der Waals surface area contributed by atoms with Crippen LogP contribution in [0.2, 0.25) is 0 Å². The van der Waals surface area contributed by atoms with Crippen LogP contribution in [0.3, 0.4) is 0 Å². The molecular weight excluding hydrogens is 505 g/mol. The number of ether oxygens (including phenoxy) is 1. The Morgan fingerprint density at radius 1 is 1.43 bits per heavy atom. The van der Waals surface area contributed by atoms with Crippen LogP contribution in [0.1, 0.15) is 40.0 Å². The summed E-state index contributed by atoms with van der Waals surface area (Å²) in [5, 5.41) is 4.94. The third-order valence-corrected chi connectivity index (χ3v) is 7.69. The zero-order chi connectivity index (χ0) is 27.4. The maximum Gasteiger partial charge on any atom is 0.399 e. The van der Waals surface area contributed by atoms with Gasteiger partial charge in [0.25, 0.3) is 0 Å². The van der Waals surface area contributed by atoms with Crippen LogP contribution in [0, 0.1) is 11.3 Å². The predicted octanol–water partition coefficient (Wildman–Crippen LogP) is 6.12. The lowest BCUT2D eigenvalue weighted by Gasteiger charge is -2.35. The van der Waals surface area contributed by atoms with Crippen LogP contribution < -0.4 is 5.32 Å². The van der Waals surface area contributed by atoms with Gasteiger partial charge >= 0.3 is 12.2 Å². The molecular formula is C26H33F3N4O3S. The molecule has 0 bridgehead atoms. The number of nitrogens with one attached hydrogen (secondary N) is 1. The molecule has 11 heteroatoms. The molecule has 7 nitrogen and oxygen atoms in total. The summed E-state index contributed by atoms with van der Waals surface area (Å²) in [6, 6.07) is -0.400. The average Bonchev–Trinajstić information content (AvgIpc) is 3.50. The van der Waals surface area contributed by atoms with E-state index in [0.29, 0.717) is 30.3 Å². The zero-order valence-corrected chi connectivity index (χ0v) is 22.3. The molecule has 1 aliphatic heterocycles. The van der Waals surface area contributed by atoms with E-state index in [-0.39, 0.29) is 24.5 Å². The highest BCUT2D eigenvalue weighted by molar-refractivity contribution is 7.13. The van der Waals surface area contributed by atoms with Gasteiger partial charge in [0.15, 0.2) is 5.13 Å². The summed E-state index contributed by atoms with van der Waals surface area (Å²) in [6.45, 7) is 10.1. The first-order valence-electron chi connectivity index (χ1n) is 12.0. The number of hydrogen-bond acceptors (Lipinski definition) is 5. The van der Waals surface area contributed by atoms with Crippen LogP contribution in [0.15, 0.2) is 59.5 Å². The molecule has 3 amide bonds. The fourth-order valence-electron chi connectivity index (χ4n) is 4.70. The van der Waals surface area contributed by atoms with E-state index in [0.717, 1.165) is 5.57 Å². The number of anilines is 1. The molecule has 2 aliphatic rings. The summed E-state index contributed by atoms with van der Waals surface area (Å²) in [7, 11) is 1.62. The minimum Gasteiger partial charge on any atom is -0.490 e. The Bertz CT molecular complexity index is 1100. The highest BCUT2D eigenvalue weighted by atomic mass is 32.1. The van der Waals surface area contributed by atoms with E-state index in [4.69, 9.17) is 4.74 Å². The average molecular weight is 539 g/mol. The van der Waals surface area contributed by atoms with Crippen LogP contribution >= 0.6 is 11.3 Å². The normalized spacial score (nSPS) is 23.2. The largest absolute Gasteiger partial charge is 0.490 e. The summed E-state index contributed by atoms with van der Waals surface area (Å²) in [5.41, 5.74) is 0.927. The number of amides is 3. The SMILES string of the molecule is C=CC(C/C(=C(\C)N(C)C(=O)Nc1nccs1)[C@]1(C)CCN(C(C)=O)C1)OC1=CC=CCC1C(F)(F)F. The number of allylic oxidation sites excluding steroid dienone is 5. The summed E-state index contributed by atoms with van der Waals surface area (Å²) < 4.78 is 46.8. The molecule has 37 heavy (non-hydrogen) atoms. The van der Waals surface area contributed by atoms with Crippen LogP contribution in [-0.4, -0.2) is 59.1 Å². The van der Waals surface area contributed by atoms with E-state index in [1.165, 1.54) is 41.4 Å². The van der Waals surface area contributed by atoms with Crippen molar-refractivity contribution in [3.8, 4) is 0 Å². The molecule has 0 saturated carbocycles. The van der Waals surface area contributed by atoms with Crippen molar-refractivity contribution in [1.29, 1.82) is 0 Å². The third kappa shape index (κ3) is 6.82. The van der Waals surface area contributed by atoms with Crippen LogP contribution in [0.5, 0.6) is 0 Å². The molecule has 3 atom stereocenters. The van der Waals surface area contributed by atoms with E-state index in [1.54, 1.807) is 36.5 Å². The zero-order valence-electron chi connectivity index (χ0n) is 21.5. The first-order valence-corrected chi connectivity index (χ1v) is 12.9. The molecule has 1 saturated heterocycles. The molecule has 1 aromatic rings. The van der Waals surface area contributed by atoms with Gasteiger partial charge in [-0.15, -0.1) is 11.3 Å². The van der Waals surface area contributed by atoms with Crippen LogP contribution in [-0.2, 0) is 9.53 Å². The fraction of sp³-hybridized carbons (Fsp3) is 0.500. The van der Waals surface area contributed by atoms with Gasteiger partial charge in [-0.1, -0.05) is 31.7 Å². The van der Waals surface area contributed by atoms with Gasteiger partial charge in [-0.3, -0.25) is 10.1 Å². The second-order valence-corrected chi connectivity index (χ2v) is 10.5. The topological polar surface area (TPSA) is 74.8 Å². The molecule has 202 valence electrons. The minimum absolute atomic E-state index is 0.0562. The van der Waals surface area contributed by atoms with Gasteiger partial charge in [0.05, 0.1) is 0 Å². The van der Waals surface area contributed by atoms with Crippen molar-refractivity contribution in [1.82, 2.24) is 14.8 Å². The maximum atomic E-state index is 13.6. The van der Waals surface area contributed by atoms with Gasteiger partial charge in [-0.2, -0.15) is 13.2 Å². The highest BCUT2D eigenvalue weighted by Crippen LogP contribution is 2.43. The first-order chi connectivity index (χ1) is 17.4. The van der Waals surface area contributed by atoms with Gasteiger partial charge in [0.1, 0.15) is 17.8 Å². The molecule has 3 rings (SSSR count). The number of aromatic nitrogens is 1. The monoisotopic (exact) mass is 538 g/mol. The lowest BCUT2D eigenvalue weighted by molar-refractivity contribution is -0.174. The lowest BCUT2D eigenvalue weighted by atomic mass is 9.77. The number of rotatable bonds is 8. The maximum absolute atomic E-state index is 13.6. The van der Waals surface area contributed by atoms with Crippen molar-refractivity contribution in [2.45, 2.75) is 52.3 Å². The molecule has 0 radical (unpaired) electrons. The van der Waals surface area contributed by atoms with Gasteiger partial charge < -0.3 is 14.5 Å². The number of likely N-dealkylation sites (tertiary alicyclic amines) is 1. The standard InChI is InChI=1S/C26H33F3N4O3S/c1-6-19(36-22-10-8-7-9-20(22)26(27,28)29)15-21(25(4)11-13-33(16-25)18(3)34)17(2)32(5)24(35)31-23-30-12-14-37-23/h6-8,10,12,14,19-20H,1,9,11,13,15-16H2,2-5H3,(H,30,31,35)/b21-17-/t19?,20?,25-/m1/s1. The molecule has 1 aromatic heterocycles. The molecule has 1 N–H and O–H groups in total. The Morgan fingerprint density at radius 3 is 2.73 bits per heavy atom. The predicted molar refractivity (Wildman–Crippen MR) is 138 cm³/mol. The Hall–Kier alpha value is -3.08. The molecule has 1 fully saturated rings. The molecule has 1 aliphatic carbocycles. The Balaban J connectivity index is 1.92. The van der Waals surface area contributed by atoms with E-state index >= 15 is 0 Å². The summed E-state index contributed by atoms with van der Waals surface area (Å²) >= 11 is 1.29. The lowest BCUT2D eigenvalue weighted by Crippen LogP contribution is -2.36. The molecule has 2 unspecified atom stereocenters. The smallest absolute Gasteiger partial charge is 0.399 e.